The molecule has 4 heteroatoms. The molecule has 0 fully saturated rings. The standard InChI is InChI=1S/C36H33BNO2/c1-35(2,39)36(3,4)40-37-28-20-21-33-31(24-28)32-23-27(25-14-8-5-9-15-25)22-30(26-16-10-6-11-17-26)34(32)38(33)29-18-12-7-13-19-29/h5-24,39H,1-4H3. The molecule has 0 bridgehead atoms. The van der Waals surface area contributed by atoms with E-state index < -0.39 is 11.2 Å². The fourth-order valence-corrected chi connectivity index (χ4v) is 5.08. The normalized spacial score (nSPS) is 12.2. The predicted molar refractivity (Wildman–Crippen MR) is 169 cm³/mol. The van der Waals surface area contributed by atoms with Crippen LogP contribution in [0.1, 0.15) is 27.7 Å². The molecule has 197 valence electrons. The van der Waals surface area contributed by atoms with E-state index in [1.165, 1.54) is 33.2 Å². The van der Waals surface area contributed by atoms with Gasteiger partial charge < -0.3 is 14.3 Å². The van der Waals surface area contributed by atoms with E-state index in [-0.39, 0.29) is 0 Å². The van der Waals surface area contributed by atoms with Crippen molar-refractivity contribution in [3.63, 3.8) is 0 Å². The Bertz CT molecular complexity index is 1780. The average molecular weight is 522 g/mol. The summed E-state index contributed by atoms with van der Waals surface area (Å²) in [5, 5.41) is 12.9. The summed E-state index contributed by atoms with van der Waals surface area (Å²) < 4.78 is 8.50. The monoisotopic (exact) mass is 522 g/mol. The predicted octanol–water partition coefficient (Wildman–Crippen LogP) is 7.93. The molecule has 0 atom stereocenters. The molecule has 3 nitrogen and oxygen atoms in total. The fourth-order valence-electron chi connectivity index (χ4n) is 5.08. The van der Waals surface area contributed by atoms with Gasteiger partial charge in [0, 0.05) is 22.0 Å². The molecule has 6 aromatic rings. The quantitative estimate of drug-likeness (QED) is 0.216. The van der Waals surface area contributed by atoms with Crippen LogP contribution in [0.15, 0.2) is 121 Å². The number of hydrogen-bond donors (Lipinski definition) is 1. The van der Waals surface area contributed by atoms with Crippen LogP contribution in [0.2, 0.25) is 0 Å². The van der Waals surface area contributed by atoms with Gasteiger partial charge in [0.1, 0.15) is 0 Å². The van der Waals surface area contributed by atoms with Crippen molar-refractivity contribution in [1.29, 1.82) is 0 Å². The summed E-state index contributed by atoms with van der Waals surface area (Å²) in [4.78, 5) is 0. The van der Waals surface area contributed by atoms with Gasteiger partial charge in [0.15, 0.2) is 0 Å². The first-order chi connectivity index (χ1) is 19.2. The van der Waals surface area contributed by atoms with E-state index in [4.69, 9.17) is 4.65 Å². The van der Waals surface area contributed by atoms with Crippen molar-refractivity contribution >= 4 is 34.8 Å². The highest BCUT2D eigenvalue weighted by atomic mass is 16.5. The molecular formula is C36H33BNO2. The number of aromatic nitrogens is 1. The zero-order valence-corrected chi connectivity index (χ0v) is 23.4. The summed E-state index contributed by atoms with van der Waals surface area (Å²) in [6.07, 6.45) is 0. The van der Waals surface area contributed by atoms with E-state index in [2.05, 4.69) is 126 Å². The summed E-state index contributed by atoms with van der Waals surface area (Å²) in [6, 6.07) is 42.8. The Hall–Kier alpha value is -4.12. The molecule has 0 amide bonds. The molecule has 1 aromatic heterocycles. The van der Waals surface area contributed by atoms with Crippen molar-refractivity contribution in [2.75, 3.05) is 0 Å². The lowest BCUT2D eigenvalue weighted by Crippen LogP contribution is -2.49. The van der Waals surface area contributed by atoms with E-state index in [0.29, 0.717) is 0 Å². The molecule has 1 N–H and O–H groups in total. The van der Waals surface area contributed by atoms with Gasteiger partial charge in [-0.25, -0.2) is 0 Å². The summed E-state index contributed by atoms with van der Waals surface area (Å²) in [5.74, 6) is 0. The molecule has 0 aliphatic carbocycles. The first-order valence-corrected chi connectivity index (χ1v) is 13.7. The number of rotatable bonds is 7. The van der Waals surface area contributed by atoms with Gasteiger partial charge in [-0.15, -0.1) is 0 Å². The molecule has 40 heavy (non-hydrogen) atoms. The average Bonchev–Trinajstić information content (AvgIpc) is 3.30. The van der Waals surface area contributed by atoms with Gasteiger partial charge in [0.2, 0.25) is 0 Å². The largest absolute Gasteiger partial charge is 0.427 e. The molecule has 0 saturated heterocycles. The van der Waals surface area contributed by atoms with E-state index in [9.17, 15) is 5.11 Å². The van der Waals surface area contributed by atoms with Crippen LogP contribution in [0, 0.1) is 0 Å². The van der Waals surface area contributed by atoms with Crippen LogP contribution in [-0.4, -0.2) is 28.4 Å². The zero-order valence-electron chi connectivity index (χ0n) is 23.4. The summed E-state index contributed by atoms with van der Waals surface area (Å²) >= 11 is 0. The highest BCUT2D eigenvalue weighted by Gasteiger charge is 2.35. The molecule has 0 saturated carbocycles. The zero-order chi connectivity index (χ0) is 27.9. The van der Waals surface area contributed by atoms with Crippen molar-refractivity contribution in [3.05, 3.63) is 121 Å². The van der Waals surface area contributed by atoms with Gasteiger partial charge in [0.25, 0.3) is 0 Å². The van der Waals surface area contributed by atoms with Gasteiger partial charge in [-0.3, -0.25) is 0 Å². The topological polar surface area (TPSA) is 34.4 Å². The van der Waals surface area contributed by atoms with Crippen LogP contribution in [0.3, 0.4) is 0 Å². The Morgan fingerprint density at radius 2 is 1.23 bits per heavy atom. The van der Waals surface area contributed by atoms with Crippen molar-refractivity contribution in [1.82, 2.24) is 4.57 Å². The SMILES string of the molecule is CC(C)(O)C(C)(C)O[B]c1ccc2c(c1)c1cc(-c3ccccc3)cc(-c3ccccc3)c1n2-c1ccccc1. The summed E-state index contributed by atoms with van der Waals surface area (Å²) in [7, 11) is 1.77. The van der Waals surface area contributed by atoms with Crippen LogP contribution in [0.5, 0.6) is 0 Å². The van der Waals surface area contributed by atoms with Crippen molar-refractivity contribution in [3.8, 4) is 27.9 Å². The van der Waals surface area contributed by atoms with Crippen LogP contribution in [0.4, 0.5) is 0 Å². The molecule has 1 radical (unpaired) electrons. The maximum Gasteiger partial charge on any atom is 0.330 e. The lowest BCUT2D eigenvalue weighted by Gasteiger charge is -2.37. The van der Waals surface area contributed by atoms with Crippen molar-refractivity contribution in [2.24, 2.45) is 0 Å². The van der Waals surface area contributed by atoms with Crippen molar-refractivity contribution < 1.29 is 9.76 Å². The Morgan fingerprint density at radius 1 is 0.625 bits per heavy atom. The number of para-hydroxylation sites is 1. The fraction of sp³-hybridized carbons (Fsp3) is 0.167. The molecule has 0 aliphatic heterocycles. The van der Waals surface area contributed by atoms with Crippen LogP contribution in [0.25, 0.3) is 49.7 Å². The number of benzene rings is 5. The van der Waals surface area contributed by atoms with Gasteiger partial charge in [-0.2, -0.15) is 0 Å². The molecule has 0 spiro atoms. The Kier molecular flexibility index (Phi) is 6.62. The maximum atomic E-state index is 10.6. The minimum atomic E-state index is -0.994. The van der Waals surface area contributed by atoms with Gasteiger partial charge >= 0.3 is 7.48 Å². The highest BCUT2D eigenvalue weighted by Crippen LogP contribution is 2.41. The van der Waals surface area contributed by atoms with E-state index >= 15 is 0 Å². The molecule has 6 rings (SSSR count). The van der Waals surface area contributed by atoms with Crippen molar-refractivity contribution in [2.45, 2.75) is 38.9 Å². The minimum Gasteiger partial charge on any atom is -0.427 e. The van der Waals surface area contributed by atoms with E-state index in [1.807, 2.05) is 13.8 Å². The number of hydrogen-bond acceptors (Lipinski definition) is 2. The van der Waals surface area contributed by atoms with Gasteiger partial charge in [-0.05, 0) is 74.7 Å². The smallest absolute Gasteiger partial charge is 0.330 e. The summed E-state index contributed by atoms with van der Waals surface area (Å²) in [6.45, 7) is 7.35. The third-order valence-corrected chi connectivity index (χ3v) is 8.05. The Balaban J connectivity index is 1.64. The second-order valence-electron chi connectivity index (χ2n) is 11.4. The van der Waals surface area contributed by atoms with Crippen LogP contribution < -0.4 is 5.46 Å². The number of nitrogens with zero attached hydrogens (tertiary/aromatic N) is 1. The Morgan fingerprint density at radius 3 is 1.85 bits per heavy atom. The van der Waals surface area contributed by atoms with Crippen LogP contribution in [-0.2, 0) is 4.65 Å². The molecule has 0 unspecified atom stereocenters. The third-order valence-electron chi connectivity index (χ3n) is 8.05. The second-order valence-corrected chi connectivity index (χ2v) is 11.4. The first-order valence-electron chi connectivity index (χ1n) is 13.7. The molecule has 1 heterocycles. The molecule has 5 aromatic carbocycles. The maximum absolute atomic E-state index is 10.6. The summed E-state index contributed by atoms with van der Waals surface area (Å²) in [5.41, 5.74) is 7.32. The lowest BCUT2D eigenvalue weighted by molar-refractivity contribution is -0.0893. The first kappa shape index (κ1) is 26.1. The highest BCUT2D eigenvalue weighted by molar-refractivity contribution is 6.47. The van der Waals surface area contributed by atoms with Gasteiger partial charge in [0.05, 0.1) is 22.2 Å². The third kappa shape index (κ3) is 4.74. The second kappa shape index (κ2) is 10.1. The Labute approximate surface area is 237 Å². The minimum absolute atomic E-state index is 0.749. The van der Waals surface area contributed by atoms with E-state index in [1.54, 1.807) is 21.3 Å². The lowest BCUT2D eigenvalue weighted by atomic mass is 9.82. The van der Waals surface area contributed by atoms with Crippen LogP contribution >= 0.6 is 0 Å². The van der Waals surface area contributed by atoms with Gasteiger partial charge in [-0.1, -0.05) is 96.5 Å². The number of aliphatic hydroxyl groups is 1. The molecule has 0 aliphatic rings. The molecular weight excluding hydrogens is 489 g/mol. The number of fused-ring (bicyclic) bond motifs is 3. The van der Waals surface area contributed by atoms with E-state index in [0.717, 1.165) is 22.1 Å².